The number of imidazole rings is 1. The maximum atomic E-state index is 13.6. The topological polar surface area (TPSA) is 144 Å². The Morgan fingerprint density at radius 2 is 1.88 bits per heavy atom. The summed E-state index contributed by atoms with van der Waals surface area (Å²) in [4.78, 5) is 44.0. The molecule has 4 heterocycles. The molecule has 11 nitrogen and oxygen atoms in total. The van der Waals surface area contributed by atoms with Crippen LogP contribution >= 0.6 is 34.7 Å². The standard InChI is InChI=1S/C29H21ClN6O5S2/c1-15-5-4-12-34-16(2)22(31-26(15)34)24(37)21-23(18-6-3-7-20(13-18)36(40)41)35(27(39)25(21)38)28-32-33-29(43-28)42-14-17-8-10-19(30)11-9-17/h3-13,23,37H,14H2,1-2H3/b24-21+. The van der Waals surface area contributed by atoms with Gasteiger partial charge in [0.2, 0.25) is 5.13 Å². The second-order valence-corrected chi connectivity index (χ2v) is 12.3. The summed E-state index contributed by atoms with van der Waals surface area (Å²) in [5, 5.41) is 32.4. The van der Waals surface area contributed by atoms with Crippen LogP contribution in [0.25, 0.3) is 11.4 Å². The number of aliphatic hydroxyl groups is 1. The Hall–Kier alpha value is -4.59. The number of nitro groups is 1. The number of halogens is 1. The summed E-state index contributed by atoms with van der Waals surface area (Å²) in [6.45, 7) is 3.60. The van der Waals surface area contributed by atoms with Crippen LogP contribution in [0.5, 0.6) is 0 Å². The first-order chi connectivity index (χ1) is 20.6. The zero-order valence-electron chi connectivity index (χ0n) is 22.6. The second kappa shape index (κ2) is 11.2. The molecule has 0 aliphatic carbocycles. The van der Waals surface area contributed by atoms with Gasteiger partial charge in [0.25, 0.3) is 11.5 Å². The van der Waals surface area contributed by atoms with Crippen LogP contribution in [0.3, 0.4) is 0 Å². The molecule has 5 aromatic rings. The largest absolute Gasteiger partial charge is 0.505 e. The minimum absolute atomic E-state index is 0.110. The molecule has 0 spiro atoms. The monoisotopic (exact) mass is 632 g/mol. The molecule has 1 atom stereocenters. The number of nitro benzene ring substituents is 1. The first-order valence-corrected chi connectivity index (χ1v) is 15.0. The van der Waals surface area contributed by atoms with Gasteiger partial charge in [0.05, 0.1) is 22.2 Å². The lowest BCUT2D eigenvalue weighted by Crippen LogP contribution is -2.29. The summed E-state index contributed by atoms with van der Waals surface area (Å²) >= 11 is 8.46. The highest BCUT2D eigenvalue weighted by molar-refractivity contribution is 8.00. The number of ketones is 1. The van der Waals surface area contributed by atoms with Gasteiger partial charge in [0.1, 0.15) is 11.3 Å². The Bertz CT molecular complexity index is 1970. The summed E-state index contributed by atoms with van der Waals surface area (Å²) in [5.74, 6) is -1.83. The van der Waals surface area contributed by atoms with Crippen molar-refractivity contribution in [2.24, 2.45) is 0 Å². The smallest absolute Gasteiger partial charge is 0.301 e. The molecule has 1 amide bonds. The second-order valence-electron chi connectivity index (χ2n) is 9.72. The molecule has 1 N–H and O–H groups in total. The van der Waals surface area contributed by atoms with Crippen molar-refractivity contribution in [1.82, 2.24) is 19.6 Å². The number of carbonyl (C=O) groups is 2. The maximum Gasteiger partial charge on any atom is 0.301 e. The minimum atomic E-state index is -1.22. The molecule has 2 aromatic carbocycles. The van der Waals surface area contributed by atoms with Crippen molar-refractivity contribution in [2.45, 2.75) is 30.0 Å². The molecule has 1 aliphatic rings. The number of amides is 1. The third kappa shape index (κ3) is 5.15. The van der Waals surface area contributed by atoms with E-state index in [1.807, 2.05) is 31.2 Å². The van der Waals surface area contributed by atoms with E-state index in [4.69, 9.17) is 11.6 Å². The van der Waals surface area contributed by atoms with Crippen molar-refractivity contribution in [3.8, 4) is 0 Å². The van der Waals surface area contributed by atoms with Crippen LogP contribution in [0.15, 0.2) is 76.8 Å². The lowest BCUT2D eigenvalue weighted by Gasteiger charge is -2.22. The molecular weight excluding hydrogens is 612 g/mol. The number of pyridine rings is 1. The zero-order chi connectivity index (χ0) is 30.4. The molecule has 1 aliphatic heterocycles. The number of anilines is 1. The Morgan fingerprint density at radius 3 is 2.60 bits per heavy atom. The van der Waals surface area contributed by atoms with E-state index in [0.717, 1.165) is 27.4 Å². The minimum Gasteiger partial charge on any atom is -0.505 e. The number of aromatic nitrogens is 4. The van der Waals surface area contributed by atoms with Gasteiger partial charge in [-0.15, -0.1) is 10.2 Å². The lowest BCUT2D eigenvalue weighted by atomic mass is 9.96. The van der Waals surface area contributed by atoms with Crippen LogP contribution in [0.4, 0.5) is 10.8 Å². The number of carbonyl (C=O) groups excluding carboxylic acids is 2. The predicted octanol–water partition coefficient (Wildman–Crippen LogP) is 6.28. The lowest BCUT2D eigenvalue weighted by molar-refractivity contribution is -0.384. The molecule has 1 unspecified atom stereocenters. The summed E-state index contributed by atoms with van der Waals surface area (Å²) < 4.78 is 2.31. The third-order valence-corrected chi connectivity index (χ3v) is 9.41. The number of benzene rings is 2. The van der Waals surface area contributed by atoms with E-state index in [1.165, 1.54) is 30.0 Å². The Labute approximate surface area is 257 Å². The number of hydrogen-bond acceptors (Lipinski definition) is 10. The number of hydrogen-bond donors (Lipinski definition) is 1. The first-order valence-electron chi connectivity index (χ1n) is 12.8. The summed E-state index contributed by atoms with van der Waals surface area (Å²) in [6, 6.07) is 15.4. The molecular formula is C29H21ClN6O5S2. The number of non-ortho nitro benzene ring substituents is 1. The van der Waals surface area contributed by atoms with E-state index in [-0.39, 0.29) is 27.6 Å². The highest BCUT2D eigenvalue weighted by Gasteiger charge is 2.49. The van der Waals surface area contributed by atoms with E-state index < -0.39 is 28.4 Å². The Morgan fingerprint density at radius 1 is 1.12 bits per heavy atom. The maximum absolute atomic E-state index is 13.6. The van der Waals surface area contributed by atoms with Gasteiger partial charge in [-0.05, 0) is 48.7 Å². The third-order valence-electron chi connectivity index (χ3n) is 7.03. The zero-order valence-corrected chi connectivity index (χ0v) is 25.0. The number of aryl methyl sites for hydroxylation is 2. The Balaban J connectivity index is 1.46. The Kier molecular flexibility index (Phi) is 7.46. The van der Waals surface area contributed by atoms with E-state index in [2.05, 4.69) is 15.2 Å². The highest BCUT2D eigenvalue weighted by atomic mass is 35.5. The van der Waals surface area contributed by atoms with Gasteiger partial charge < -0.3 is 9.51 Å². The molecule has 0 bridgehead atoms. The molecule has 0 radical (unpaired) electrons. The average Bonchev–Trinajstić information content (AvgIpc) is 3.68. The van der Waals surface area contributed by atoms with Crippen molar-refractivity contribution in [3.05, 3.63) is 116 Å². The fourth-order valence-electron chi connectivity index (χ4n) is 4.91. The van der Waals surface area contributed by atoms with Gasteiger partial charge in [0.15, 0.2) is 10.1 Å². The number of nitrogens with zero attached hydrogens (tertiary/aromatic N) is 6. The summed E-state index contributed by atoms with van der Waals surface area (Å²) in [6.07, 6.45) is 1.78. The van der Waals surface area contributed by atoms with Crippen LogP contribution in [0.2, 0.25) is 5.02 Å². The first kappa shape index (κ1) is 28.5. The fraction of sp³-hybridized carbons (Fsp3) is 0.138. The van der Waals surface area contributed by atoms with Gasteiger partial charge in [-0.1, -0.05) is 65.0 Å². The molecule has 0 saturated carbocycles. The molecule has 1 fully saturated rings. The van der Waals surface area contributed by atoms with E-state index in [0.29, 0.717) is 26.5 Å². The van der Waals surface area contributed by atoms with E-state index in [1.54, 1.807) is 35.7 Å². The molecule has 3 aromatic heterocycles. The normalized spacial score (nSPS) is 16.3. The molecule has 1 saturated heterocycles. The number of fused-ring (bicyclic) bond motifs is 1. The number of Topliss-reactive ketones (excluding diaryl/α,β-unsaturated/α-hetero) is 1. The SMILES string of the molecule is Cc1cccn2c(C)c(/C(O)=C3\C(=O)C(=O)N(c4nnc(SCc5ccc(Cl)cc5)s4)C3c3cccc([N+](=O)[O-])c3)nc12. The van der Waals surface area contributed by atoms with Crippen LogP contribution in [0.1, 0.15) is 34.1 Å². The van der Waals surface area contributed by atoms with E-state index in [9.17, 15) is 24.8 Å². The van der Waals surface area contributed by atoms with Gasteiger partial charge in [-0.25, -0.2) is 4.98 Å². The van der Waals surface area contributed by atoms with Gasteiger partial charge in [0, 0.05) is 29.1 Å². The number of rotatable bonds is 7. The van der Waals surface area contributed by atoms with Crippen molar-refractivity contribution < 1.29 is 19.6 Å². The van der Waals surface area contributed by atoms with Crippen LogP contribution in [-0.2, 0) is 15.3 Å². The molecule has 6 rings (SSSR count). The molecule has 216 valence electrons. The molecule has 14 heteroatoms. The summed E-state index contributed by atoms with van der Waals surface area (Å²) in [7, 11) is 0. The number of aliphatic hydroxyl groups excluding tert-OH is 1. The van der Waals surface area contributed by atoms with Gasteiger partial charge in [-0.3, -0.25) is 24.6 Å². The quantitative estimate of drug-likeness (QED) is 0.0417. The van der Waals surface area contributed by atoms with E-state index >= 15 is 0 Å². The number of thioether (sulfide) groups is 1. The van der Waals surface area contributed by atoms with Crippen LogP contribution in [0, 0.1) is 24.0 Å². The van der Waals surface area contributed by atoms with Crippen LogP contribution in [-0.4, -0.2) is 41.3 Å². The van der Waals surface area contributed by atoms with Crippen LogP contribution < -0.4 is 4.90 Å². The van der Waals surface area contributed by atoms with Crippen molar-refractivity contribution in [1.29, 1.82) is 0 Å². The fourth-order valence-corrected chi connectivity index (χ4v) is 6.86. The van der Waals surface area contributed by atoms with Gasteiger partial charge >= 0.3 is 5.91 Å². The summed E-state index contributed by atoms with van der Waals surface area (Å²) in [5.41, 5.74) is 2.86. The molecule has 43 heavy (non-hydrogen) atoms. The highest BCUT2D eigenvalue weighted by Crippen LogP contribution is 2.45. The van der Waals surface area contributed by atoms with Crippen molar-refractivity contribution in [2.75, 3.05) is 4.90 Å². The van der Waals surface area contributed by atoms with Gasteiger partial charge in [-0.2, -0.15) is 0 Å². The predicted molar refractivity (Wildman–Crippen MR) is 163 cm³/mol. The van der Waals surface area contributed by atoms with Crippen molar-refractivity contribution >= 4 is 68.6 Å². The van der Waals surface area contributed by atoms with Crippen molar-refractivity contribution in [3.63, 3.8) is 0 Å². The average molecular weight is 633 g/mol.